The molecule has 2 fully saturated rings. The van der Waals surface area contributed by atoms with Crippen LogP contribution in [-0.4, -0.2) is 64.2 Å². The van der Waals surface area contributed by atoms with Crippen LogP contribution in [0.25, 0.3) is 0 Å². The fourth-order valence-electron chi connectivity index (χ4n) is 5.29. The van der Waals surface area contributed by atoms with E-state index in [2.05, 4.69) is 18.9 Å². The molecule has 0 bridgehead atoms. The van der Waals surface area contributed by atoms with Crippen LogP contribution in [-0.2, 0) is 18.3 Å². The second kappa shape index (κ2) is 11.3. The Labute approximate surface area is 209 Å². The summed E-state index contributed by atoms with van der Waals surface area (Å²) >= 11 is 0. The van der Waals surface area contributed by atoms with Gasteiger partial charge in [-0.2, -0.15) is 5.10 Å². The summed E-state index contributed by atoms with van der Waals surface area (Å²) in [5, 5.41) is 4.55. The fraction of sp³-hybridized carbons (Fsp3) is 0.607. The lowest BCUT2D eigenvalue weighted by Crippen LogP contribution is -2.48. The number of likely N-dealkylation sites (tertiary alicyclic amines) is 2. The molecule has 0 unspecified atom stereocenters. The Bertz CT molecular complexity index is 987. The van der Waals surface area contributed by atoms with E-state index in [1.807, 2.05) is 53.2 Å². The predicted octanol–water partition coefficient (Wildman–Crippen LogP) is 4.32. The topological polar surface area (TPSA) is 67.7 Å². The zero-order valence-corrected chi connectivity index (χ0v) is 21.5. The number of para-hydroxylation sites is 1. The molecular weight excluding hydrogens is 440 g/mol. The molecule has 7 nitrogen and oxygen atoms in total. The second-order valence-corrected chi connectivity index (χ2v) is 10.8. The van der Waals surface area contributed by atoms with Crippen LogP contribution in [0.5, 0.6) is 5.75 Å². The summed E-state index contributed by atoms with van der Waals surface area (Å²) < 4.78 is 7.90. The van der Waals surface area contributed by atoms with E-state index in [9.17, 15) is 9.59 Å². The SMILES string of the molecule is CC(C)Cc1cc(C(=O)N2CCC(COc3ccccc3)(CC(=O)N3CCCCC3)CC2)n(C)n1. The first-order valence-corrected chi connectivity index (χ1v) is 13.1. The van der Waals surface area contributed by atoms with Crippen LogP contribution < -0.4 is 4.74 Å². The molecule has 1 aromatic carbocycles. The number of hydrogen-bond donors (Lipinski definition) is 0. The fourth-order valence-corrected chi connectivity index (χ4v) is 5.29. The molecule has 190 valence electrons. The molecule has 3 heterocycles. The molecule has 0 atom stereocenters. The lowest BCUT2D eigenvalue weighted by molar-refractivity contribution is -0.136. The number of nitrogens with zero attached hydrogens (tertiary/aromatic N) is 4. The minimum absolute atomic E-state index is 0.0231. The van der Waals surface area contributed by atoms with E-state index in [1.165, 1.54) is 6.42 Å². The number of ether oxygens (including phenoxy) is 1. The maximum absolute atomic E-state index is 13.3. The van der Waals surface area contributed by atoms with E-state index >= 15 is 0 Å². The van der Waals surface area contributed by atoms with Gasteiger partial charge in [0.2, 0.25) is 5.91 Å². The number of benzene rings is 1. The summed E-state index contributed by atoms with van der Waals surface area (Å²) in [4.78, 5) is 30.5. The molecule has 7 heteroatoms. The van der Waals surface area contributed by atoms with Gasteiger partial charge in [-0.15, -0.1) is 0 Å². The highest BCUT2D eigenvalue weighted by Crippen LogP contribution is 2.37. The van der Waals surface area contributed by atoms with Crippen molar-refractivity contribution < 1.29 is 14.3 Å². The van der Waals surface area contributed by atoms with Crippen molar-refractivity contribution in [1.29, 1.82) is 0 Å². The highest BCUT2D eigenvalue weighted by Gasteiger charge is 2.40. The minimum atomic E-state index is -0.267. The first-order valence-electron chi connectivity index (χ1n) is 13.1. The average molecular weight is 481 g/mol. The Balaban J connectivity index is 1.44. The quantitative estimate of drug-likeness (QED) is 0.564. The van der Waals surface area contributed by atoms with Crippen LogP contribution in [0.2, 0.25) is 0 Å². The Morgan fingerprint density at radius 1 is 1.00 bits per heavy atom. The summed E-state index contributed by atoms with van der Waals surface area (Å²) in [7, 11) is 1.84. The molecule has 0 spiro atoms. The molecule has 0 radical (unpaired) electrons. The largest absolute Gasteiger partial charge is 0.493 e. The average Bonchev–Trinajstić information content (AvgIpc) is 3.23. The molecule has 0 saturated carbocycles. The third-order valence-corrected chi connectivity index (χ3v) is 7.40. The number of amides is 2. The standard InChI is InChI=1S/C28H40N4O3/c1-22(2)18-23-19-25(30(3)29-23)27(34)32-16-12-28(13-17-32,21-35-24-10-6-4-7-11-24)20-26(33)31-14-8-5-9-15-31/h4,6-7,10-11,19,22H,5,8-9,12-18,20-21H2,1-3H3. The molecule has 2 amide bonds. The number of aryl methyl sites for hydroxylation is 1. The molecule has 2 aliphatic heterocycles. The van der Waals surface area contributed by atoms with E-state index in [4.69, 9.17) is 4.74 Å². The predicted molar refractivity (Wildman–Crippen MR) is 136 cm³/mol. The van der Waals surface area contributed by atoms with Crippen molar-refractivity contribution in [2.45, 2.75) is 58.8 Å². The zero-order valence-electron chi connectivity index (χ0n) is 21.5. The van der Waals surface area contributed by atoms with Crippen LogP contribution in [0.1, 0.15) is 68.6 Å². The molecule has 0 aliphatic carbocycles. The Morgan fingerprint density at radius 3 is 2.34 bits per heavy atom. The van der Waals surface area contributed by atoms with Crippen LogP contribution in [0, 0.1) is 11.3 Å². The zero-order chi connectivity index (χ0) is 24.8. The molecule has 2 aromatic rings. The number of piperidine rings is 2. The van der Waals surface area contributed by atoms with Crippen molar-refractivity contribution in [2.75, 3.05) is 32.8 Å². The molecule has 0 N–H and O–H groups in total. The maximum Gasteiger partial charge on any atom is 0.272 e. The number of hydrogen-bond acceptors (Lipinski definition) is 4. The van der Waals surface area contributed by atoms with Gasteiger partial charge < -0.3 is 14.5 Å². The molecule has 2 saturated heterocycles. The first kappa shape index (κ1) is 25.3. The van der Waals surface area contributed by atoms with E-state index < -0.39 is 0 Å². The molecule has 35 heavy (non-hydrogen) atoms. The maximum atomic E-state index is 13.3. The summed E-state index contributed by atoms with van der Waals surface area (Å²) in [6.07, 6.45) is 6.22. The van der Waals surface area contributed by atoms with Gasteiger partial charge in [0.25, 0.3) is 5.91 Å². The lowest BCUT2D eigenvalue weighted by Gasteiger charge is -2.42. The monoisotopic (exact) mass is 480 g/mol. The van der Waals surface area contributed by atoms with E-state index in [1.54, 1.807) is 4.68 Å². The second-order valence-electron chi connectivity index (χ2n) is 10.8. The smallest absolute Gasteiger partial charge is 0.272 e. The van der Waals surface area contributed by atoms with E-state index in [0.717, 1.165) is 56.6 Å². The van der Waals surface area contributed by atoms with E-state index in [-0.39, 0.29) is 17.2 Å². The Morgan fingerprint density at radius 2 is 1.69 bits per heavy atom. The van der Waals surface area contributed by atoms with Gasteiger partial charge in [0.05, 0.1) is 12.3 Å². The van der Waals surface area contributed by atoms with Crippen LogP contribution in [0.3, 0.4) is 0 Å². The van der Waals surface area contributed by atoms with Gasteiger partial charge in [-0.3, -0.25) is 14.3 Å². The van der Waals surface area contributed by atoms with Crippen molar-refractivity contribution >= 4 is 11.8 Å². The molecule has 4 rings (SSSR count). The molecule has 2 aliphatic rings. The normalized spacial score (nSPS) is 18.1. The van der Waals surface area contributed by atoms with Gasteiger partial charge in [-0.25, -0.2) is 0 Å². The molecular formula is C28H40N4O3. The Kier molecular flexibility index (Phi) is 8.14. The number of carbonyl (C=O) groups excluding carboxylic acids is 2. The van der Waals surface area contributed by atoms with Gasteiger partial charge in [0.1, 0.15) is 11.4 Å². The number of rotatable bonds is 8. The lowest BCUT2D eigenvalue weighted by atomic mass is 9.75. The van der Waals surface area contributed by atoms with Gasteiger partial charge >= 0.3 is 0 Å². The van der Waals surface area contributed by atoms with Crippen LogP contribution in [0.4, 0.5) is 0 Å². The highest BCUT2D eigenvalue weighted by molar-refractivity contribution is 5.92. The van der Waals surface area contributed by atoms with E-state index in [0.29, 0.717) is 37.7 Å². The van der Waals surface area contributed by atoms with Crippen LogP contribution >= 0.6 is 0 Å². The Hall–Kier alpha value is -2.83. The van der Waals surface area contributed by atoms with Gasteiger partial charge in [-0.1, -0.05) is 32.0 Å². The number of aromatic nitrogens is 2. The first-order chi connectivity index (χ1) is 16.8. The van der Waals surface area contributed by atoms with Gasteiger partial charge in [0.15, 0.2) is 0 Å². The van der Waals surface area contributed by atoms with Crippen molar-refractivity contribution in [3.63, 3.8) is 0 Å². The third-order valence-electron chi connectivity index (χ3n) is 7.40. The third kappa shape index (κ3) is 6.44. The van der Waals surface area contributed by atoms with Crippen molar-refractivity contribution in [3.05, 3.63) is 47.8 Å². The van der Waals surface area contributed by atoms with Crippen LogP contribution in [0.15, 0.2) is 36.4 Å². The van der Waals surface area contributed by atoms with Crippen molar-refractivity contribution in [1.82, 2.24) is 19.6 Å². The summed E-state index contributed by atoms with van der Waals surface area (Å²) in [5.41, 5.74) is 1.33. The summed E-state index contributed by atoms with van der Waals surface area (Å²) in [6.45, 7) is 7.76. The highest BCUT2D eigenvalue weighted by atomic mass is 16.5. The number of carbonyl (C=O) groups is 2. The van der Waals surface area contributed by atoms with Crippen molar-refractivity contribution in [2.24, 2.45) is 18.4 Å². The van der Waals surface area contributed by atoms with Gasteiger partial charge in [-0.05, 0) is 62.6 Å². The molecule has 1 aromatic heterocycles. The minimum Gasteiger partial charge on any atom is -0.493 e. The van der Waals surface area contributed by atoms with Gasteiger partial charge in [0, 0.05) is 45.1 Å². The van der Waals surface area contributed by atoms with Crippen molar-refractivity contribution in [3.8, 4) is 5.75 Å². The summed E-state index contributed by atoms with van der Waals surface area (Å²) in [6, 6.07) is 11.7. The summed E-state index contributed by atoms with van der Waals surface area (Å²) in [5.74, 6) is 1.56.